The Bertz CT molecular complexity index is 501. The van der Waals surface area contributed by atoms with Crippen LogP contribution in [0.3, 0.4) is 0 Å². The first kappa shape index (κ1) is 15.5. The van der Waals surface area contributed by atoms with Crippen molar-refractivity contribution in [2.24, 2.45) is 5.92 Å². The van der Waals surface area contributed by atoms with Crippen LogP contribution in [0.15, 0.2) is 30.3 Å². The van der Waals surface area contributed by atoms with E-state index in [4.69, 9.17) is 4.74 Å². The van der Waals surface area contributed by atoms with Crippen LogP contribution in [0, 0.1) is 5.92 Å². The zero-order valence-corrected chi connectivity index (χ0v) is 12.7. The van der Waals surface area contributed by atoms with Gasteiger partial charge in [-0.25, -0.2) is 8.42 Å². The molecule has 0 saturated carbocycles. The van der Waals surface area contributed by atoms with Crippen LogP contribution in [0.25, 0.3) is 0 Å². The van der Waals surface area contributed by atoms with Gasteiger partial charge in [-0.3, -0.25) is 0 Å². The number of sulfone groups is 1. The Balaban J connectivity index is 1.83. The van der Waals surface area contributed by atoms with Crippen LogP contribution in [-0.2, 0) is 21.0 Å². The highest BCUT2D eigenvalue weighted by molar-refractivity contribution is 7.91. The Labute approximate surface area is 121 Å². The van der Waals surface area contributed by atoms with Crippen LogP contribution in [0.4, 0.5) is 0 Å². The lowest BCUT2D eigenvalue weighted by Gasteiger charge is -2.20. The summed E-state index contributed by atoms with van der Waals surface area (Å²) in [4.78, 5) is 0. The molecule has 2 unspecified atom stereocenters. The summed E-state index contributed by atoms with van der Waals surface area (Å²) in [6.45, 7) is 1.38. The van der Waals surface area contributed by atoms with Crippen molar-refractivity contribution in [2.75, 3.05) is 31.8 Å². The molecule has 0 radical (unpaired) electrons. The van der Waals surface area contributed by atoms with Gasteiger partial charge < -0.3 is 10.1 Å². The summed E-state index contributed by atoms with van der Waals surface area (Å²) in [5.74, 6) is 0.910. The maximum absolute atomic E-state index is 11.4. The Morgan fingerprint density at radius 1 is 1.35 bits per heavy atom. The van der Waals surface area contributed by atoms with Gasteiger partial charge >= 0.3 is 0 Å². The minimum atomic E-state index is -2.79. The first-order valence-corrected chi connectivity index (χ1v) is 8.88. The molecule has 1 fully saturated rings. The van der Waals surface area contributed by atoms with E-state index in [1.807, 2.05) is 18.2 Å². The second-order valence-corrected chi connectivity index (χ2v) is 7.75. The van der Waals surface area contributed by atoms with E-state index in [-0.39, 0.29) is 12.0 Å². The van der Waals surface area contributed by atoms with E-state index >= 15 is 0 Å². The van der Waals surface area contributed by atoms with Gasteiger partial charge in [0.15, 0.2) is 9.84 Å². The molecule has 1 aromatic rings. The number of benzene rings is 1. The largest absolute Gasteiger partial charge is 0.383 e. The average molecular weight is 297 g/mol. The highest BCUT2D eigenvalue weighted by atomic mass is 32.2. The fourth-order valence-electron chi connectivity index (χ4n) is 2.66. The van der Waals surface area contributed by atoms with Crippen LogP contribution in [-0.4, -0.2) is 46.2 Å². The Morgan fingerprint density at radius 3 is 2.70 bits per heavy atom. The predicted octanol–water partition coefficient (Wildman–Crippen LogP) is 1.27. The summed E-state index contributed by atoms with van der Waals surface area (Å²) >= 11 is 0. The van der Waals surface area contributed by atoms with Gasteiger partial charge in [0.1, 0.15) is 0 Å². The summed E-state index contributed by atoms with van der Waals surface area (Å²) in [7, 11) is -1.09. The van der Waals surface area contributed by atoms with Gasteiger partial charge in [0.25, 0.3) is 0 Å². The minimum Gasteiger partial charge on any atom is -0.383 e. The Morgan fingerprint density at radius 2 is 2.10 bits per heavy atom. The summed E-state index contributed by atoms with van der Waals surface area (Å²) in [6, 6.07) is 10.5. The van der Waals surface area contributed by atoms with Crippen molar-refractivity contribution < 1.29 is 13.2 Å². The van der Waals surface area contributed by atoms with Gasteiger partial charge in [0, 0.05) is 13.2 Å². The molecule has 1 saturated heterocycles. The van der Waals surface area contributed by atoms with E-state index in [9.17, 15) is 8.42 Å². The molecule has 112 valence electrons. The molecule has 1 aliphatic rings. The van der Waals surface area contributed by atoms with E-state index in [1.54, 1.807) is 7.11 Å². The number of methoxy groups -OCH3 is 1. The van der Waals surface area contributed by atoms with Crippen molar-refractivity contribution in [2.45, 2.75) is 18.9 Å². The lowest BCUT2D eigenvalue weighted by Crippen LogP contribution is -2.38. The number of ether oxygens (including phenoxy) is 1. The van der Waals surface area contributed by atoms with Crippen LogP contribution < -0.4 is 5.32 Å². The van der Waals surface area contributed by atoms with Crippen molar-refractivity contribution >= 4 is 9.84 Å². The second kappa shape index (κ2) is 7.20. The molecule has 1 aromatic carbocycles. The molecule has 0 aliphatic carbocycles. The Hall–Kier alpha value is -0.910. The topological polar surface area (TPSA) is 55.4 Å². The van der Waals surface area contributed by atoms with E-state index in [1.165, 1.54) is 5.56 Å². The molecule has 1 aliphatic heterocycles. The maximum atomic E-state index is 11.4. The molecule has 0 bridgehead atoms. The van der Waals surface area contributed by atoms with Crippen molar-refractivity contribution in [3.63, 3.8) is 0 Å². The number of hydrogen-bond acceptors (Lipinski definition) is 4. The van der Waals surface area contributed by atoms with Gasteiger partial charge in [0.05, 0.1) is 18.1 Å². The normalized spacial score (nSPS) is 22.8. The van der Waals surface area contributed by atoms with Crippen LogP contribution in [0.1, 0.15) is 12.0 Å². The molecule has 20 heavy (non-hydrogen) atoms. The third-order valence-corrected chi connectivity index (χ3v) is 5.55. The van der Waals surface area contributed by atoms with Crippen LogP contribution in [0.5, 0.6) is 0 Å². The molecule has 5 heteroatoms. The Kier molecular flexibility index (Phi) is 5.57. The summed E-state index contributed by atoms with van der Waals surface area (Å²) in [5, 5.41) is 3.46. The SMILES string of the molecule is COCC(Cc1ccccc1)NCC1CCS(=O)(=O)C1. The summed E-state index contributed by atoms with van der Waals surface area (Å²) in [5.41, 5.74) is 1.26. The van der Waals surface area contributed by atoms with E-state index in [0.29, 0.717) is 18.1 Å². The van der Waals surface area contributed by atoms with Gasteiger partial charge in [-0.1, -0.05) is 30.3 Å². The molecular weight excluding hydrogens is 274 g/mol. The monoisotopic (exact) mass is 297 g/mol. The quantitative estimate of drug-likeness (QED) is 0.823. The van der Waals surface area contributed by atoms with Crippen molar-refractivity contribution in [1.29, 1.82) is 0 Å². The van der Waals surface area contributed by atoms with E-state index < -0.39 is 9.84 Å². The zero-order valence-electron chi connectivity index (χ0n) is 11.9. The van der Waals surface area contributed by atoms with Crippen LogP contribution in [0.2, 0.25) is 0 Å². The smallest absolute Gasteiger partial charge is 0.150 e. The fourth-order valence-corrected chi connectivity index (χ4v) is 4.52. The second-order valence-electron chi connectivity index (χ2n) is 5.52. The molecule has 2 rings (SSSR count). The lowest BCUT2D eigenvalue weighted by atomic mass is 10.0. The molecule has 2 atom stereocenters. The first-order chi connectivity index (χ1) is 9.59. The zero-order chi connectivity index (χ0) is 14.4. The number of rotatable bonds is 7. The minimum absolute atomic E-state index is 0.228. The highest BCUT2D eigenvalue weighted by Crippen LogP contribution is 2.17. The predicted molar refractivity (Wildman–Crippen MR) is 80.6 cm³/mol. The standard InChI is InChI=1S/C15H23NO3S/c1-19-11-15(9-13-5-3-2-4-6-13)16-10-14-7-8-20(17,18)12-14/h2-6,14-16H,7-12H2,1H3. The number of hydrogen-bond donors (Lipinski definition) is 1. The molecule has 1 N–H and O–H groups in total. The van der Waals surface area contributed by atoms with Crippen LogP contribution >= 0.6 is 0 Å². The van der Waals surface area contributed by atoms with E-state index in [0.717, 1.165) is 19.4 Å². The van der Waals surface area contributed by atoms with Gasteiger partial charge in [-0.2, -0.15) is 0 Å². The fraction of sp³-hybridized carbons (Fsp3) is 0.600. The first-order valence-electron chi connectivity index (χ1n) is 7.06. The summed E-state index contributed by atoms with van der Waals surface area (Å²) in [6.07, 6.45) is 1.68. The maximum Gasteiger partial charge on any atom is 0.150 e. The molecule has 4 nitrogen and oxygen atoms in total. The molecule has 0 spiro atoms. The third-order valence-electron chi connectivity index (χ3n) is 3.71. The third kappa shape index (κ3) is 4.89. The van der Waals surface area contributed by atoms with Gasteiger partial charge in [0.2, 0.25) is 0 Å². The summed E-state index contributed by atoms with van der Waals surface area (Å²) < 4.78 is 28.2. The molecule has 0 aromatic heterocycles. The number of nitrogens with one attached hydrogen (secondary N) is 1. The van der Waals surface area contributed by atoms with Crippen molar-refractivity contribution in [1.82, 2.24) is 5.32 Å². The molecule has 1 heterocycles. The average Bonchev–Trinajstić information content (AvgIpc) is 2.77. The highest BCUT2D eigenvalue weighted by Gasteiger charge is 2.28. The van der Waals surface area contributed by atoms with Gasteiger partial charge in [-0.05, 0) is 30.9 Å². The molecular formula is C15H23NO3S. The molecule has 0 amide bonds. The van der Waals surface area contributed by atoms with Crippen molar-refractivity contribution in [3.05, 3.63) is 35.9 Å². The lowest BCUT2D eigenvalue weighted by molar-refractivity contribution is 0.164. The van der Waals surface area contributed by atoms with Gasteiger partial charge in [-0.15, -0.1) is 0 Å². The van der Waals surface area contributed by atoms with Crippen molar-refractivity contribution in [3.8, 4) is 0 Å². The van der Waals surface area contributed by atoms with E-state index in [2.05, 4.69) is 17.4 Å².